The Hall–Kier alpha value is -3.36. The Morgan fingerprint density at radius 1 is 1.05 bits per heavy atom. The van der Waals surface area contributed by atoms with E-state index in [1.807, 2.05) is 44.2 Å². The average Bonchev–Trinajstić information content (AvgIpc) is 3.42. The fourth-order valence-electron chi connectivity index (χ4n) is 6.40. The van der Waals surface area contributed by atoms with E-state index < -0.39 is 27.4 Å². The van der Waals surface area contributed by atoms with E-state index in [-0.39, 0.29) is 28.7 Å². The van der Waals surface area contributed by atoms with Crippen molar-refractivity contribution in [3.05, 3.63) is 101 Å². The van der Waals surface area contributed by atoms with Crippen LogP contribution >= 0.6 is 0 Å². The van der Waals surface area contributed by atoms with Gasteiger partial charge in [0.2, 0.25) is 0 Å². The van der Waals surface area contributed by atoms with Gasteiger partial charge in [-0.1, -0.05) is 62.4 Å². The van der Waals surface area contributed by atoms with Crippen molar-refractivity contribution in [2.75, 3.05) is 5.75 Å². The van der Waals surface area contributed by atoms with E-state index in [2.05, 4.69) is 0 Å². The number of ether oxygens (including phenoxy) is 1. The zero-order valence-electron chi connectivity index (χ0n) is 21.2. The van der Waals surface area contributed by atoms with Crippen molar-refractivity contribution in [3.63, 3.8) is 0 Å². The monoisotopic (exact) mass is 536 g/mol. The van der Waals surface area contributed by atoms with Gasteiger partial charge in [0, 0.05) is 12.0 Å². The molecule has 1 aliphatic heterocycles. The fourth-order valence-corrected chi connectivity index (χ4v) is 7.70. The summed E-state index contributed by atoms with van der Waals surface area (Å²) in [5.74, 6) is 0.113. The van der Waals surface area contributed by atoms with Gasteiger partial charge in [-0.15, -0.1) is 0 Å². The number of Topliss-reactive ketones (excluding diaryl/α,β-unsaturated/α-hetero) is 1. The van der Waals surface area contributed by atoms with Gasteiger partial charge in [-0.05, 0) is 59.6 Å². The van der Waals surface area contributed by atoms with Gasteiger partial charge in [0.25, 0.3) is 10.1 Å². The number of rotatable bonds is 4. The lowest BCUT2D eigenvalue weighted by Crippen LogP contribution is -2.42. The van der Waals surface area contributed by atoms with E-state index in [4.69, 9.17) is 9.29 Å². The molecule has 0 spiro atoms. The maximum absolute atomic E-state index is 13.2. The van der Waals surface area contributed by atoms with E-state index in [9.17, 15) is 22.4 Å². The third-order valence-corrected chi connectivity index (χ3v) is 9.45. The fraction of sp³-hybridized carbons (Fsp3) is 0.333. The highest BCUT2D eigenvalue weighted by Crippen LogP contribution is 2.64. The van der Waals surface area contributed by atoms with Crippen molar-refractivity contribution in [2.24, 2.45) is 16.7 Å². The van der Waals surface area contributed by atoms with Crippen molar-refractivity contribution in [3.8, 4) is 0 Å². The molecular formula is C30H29FO6S. The molecule has 1 N–H and O–H groups in total. The topological polar surface area (TPSA) is 97.7 Å². The predicted molar refractivity (Wildman–Crippen MR) is 141 cm³/mol. The summed E-state index contributed by atoms with van der Waals surface area (Å²) >= 11 is 0. The van der Waals surface area contributed by atoms with Crippen molar-refractivity contribution < 1.29 is 31.7 Å². The van der Waals surface area contributed by atoms with E-state index in [1.54, 1.807) is 24.3 Å². The number of hydrogen-bond donors (Lipinski definition) is 1. The molecule has 0 saturated heterocycles. The van der Waals surface area contributed by atoms with E-state index >= 15 is 0 Å². The van der Waals surface area contributed by atoms with Crippen molar-refractivity contribution >= 4 is 27.3 Å². The lowest BCUT2D eigenvalue weighted by atomic mass is 9.70. The maximum atomic E-state index is 13.2. The van der Waals surface area contributed by atoms with Gasteiger partial charge in [0.1, 0.15) is 17.4 Å². The highest BCUT2D eigenvalue weighted by molar-refractivity contribution is 7.85. The smallest absolute Gasteiger partial charge is 0.265 e. The van der Waals surface area contributed by atoms with Gasteiger partial charge in [-0.3, -0.25) is 14.1 Å². The number of ketones is 2. The molecule has 3 aliphatic carbocycles. The van der Waals surface area contributed by atoms with Crippen LogP contribution in [0.5, 0.6) is 0 Å². The van der Waals surface area contributed by atoms with Crippen LogP contribution in [0.3, 0.4) is 0 Å². The molecule has 2 aromatic carbocycles. The van der Waals surface area contributed by atoms with Gasteiger partial charge in [-0.25, -0.2) is 4.39 Å². The standard InChI is InChI=1S/C20H13FO2.C10H16O4S/c21-15-11-9-14(10-12-15)20-18(13-5-2-1-3-6-13)19-16(22)7-4-8-17(19)23-20;1-9(2)7-3-4-10(9,8(11)5-7)6-15(12,13)14/h1-12,20H;7H,3-6H2,1-2H3,(H,12,13,14). The number of fused-ring (bicyclic) bond motifs is 3. The van der Waals surface area contributed by atoms with Crippen LogP contribution in [0.15, 0.2) is 84.2 Å². The number of benzene rings is 2. The third-order valence-electron chi connectivity index (χ3n) is 8.59. The summed E-state index contributed by atoms with van der Waals surface area (Å²) in [4.78, 5) is 24.2. The van der Waals surface area contributed by atoms with Crippen LogP contribution in [0.25, 0.3) is 5.57 Å². The van der Waals surface area contributed by atoms with Gasteiger partial charge in [0.05, 0.1) is 16.7 Å². The molecule has 2 fully saturated rings. The largest absolute Gasteiger partial charge is 0.480 e. The number of hydrogen-bond acceptors (Lipinski definition) is 5. The molecule has 8 heteroatoms. The number of carbonyl (C=O) groups is 2. The van der Waals surface area contributed by atoms with E-state index in [0.29, 0.717) is 24.2 Å². The highest BCUT2D eigenvalue weighted by Gasteiger charge is 2.65. The van der Waals surface area contributed by atoms with Crippen LogP contribution in [0.1, 0.15) is 50.3 Å². The summed E-state index contributed by atoms with van der Waals surface area (Å²) < 4.78 is 50.2. The predicted octanol–water partition coefficient (Wildman–Crippen LogP) is 5.64. The van der Waals surface area contributed by atoms with Gasteiger partial charge in [0.15, 0.2) is 11.9 Å². The van der Waals surface area contributed by atoms with Crippen molar-refractivity contribution in [2.45, 2.75) is 39.2 Å². The zero-order valence-corrected chi connectivity index (χ0v) is 22.0. The summed E-state index contributed by atoms with van der Waals surface area (Å²) in [5, 5.41) is 0. The molecule has 6 rings (SSSR count). The summed E-state index contributed by atoms with van der Waals surface area (Å²) in [6, 6.07) is 15.9. The molecule has 0 radical (unpaired) electrons. The van der Waals surface area contributed by atoms with Crippen LogP contribution in [0.2, 0.25) is 0 Å². The second kappa shape index (κ2) is 9.43. The molecule has 6 nitrogen and oxygen atoms in total. The molecule has 2 bridgehead atoms. The zero-order chi connectivity index (χ0) is 27.3. The molecule has 4 aliphatic rings. The quantitative estimate of drug-likeness (QED) is 0.508. The summed E-state index contributed by atoms with van der Waals surface area (Å²) in [6.07, 6.45) is 6.58. The molecule has 2 aromatic rings. The Balaban J connectivity index is 0.000000170. The molecule has 0 aromatic heterocycles. The number of carbonyl (C=O) groups excluding carboxylic acids is 2. The van der Waals surface area contributed by atoms with Crippen LogP contribution in [0, 0.1) is 22.6 Å². The SMILES string of the molecule is CC1(C)C2CCC1(CS(=O)(=O)O)C(=O)C2.O=C1C=CC=C2OC(c3ccc(F)cc3)C(c3ccccc3)=C12. The molecular weight excluding hydrogens is 507 g/mol. The van der Waals surface area contributed by atoms with Gasteiger partial charge < -0.3 is 4.74 Å². The first kappa shape index (κ1) is 26.3. The lowest BCUT2D eigenvalue weighted by Gasteiger charge is -2.35. The van der Waals surface area contributed by atoms with Crippen molar-refractivity contribution in [1.82, 2.24) is 0 Å². The molecule has 2 saturated carbocycles. The molecule has 0 amide bonds. The normalized spacial score (nSPS) is 27.0. The van der Waals surface area contributed by atoms with Gasteiger partial charge in [-0.2, -0.15) is 8.42 Å². The Morgan fingerprint density at radius 2 is 1.74 bits per heavy atom. The Bertz CT molecular complexity index is 1480. The molecule has 198 valence electrons. The molecule has 1 heterocycles. The molecule has 3 unspecified atom stereocenters. The van der Waals surface area contributed by atoms with E-state index in [0.717, 1.165) is 23.1 Å². The van der Waals surface area contributed by atoms with Crippen LogP contribution in [-0.2, 0) is 24.4 Å². The minimum atomic E-state index is -4.08. The minimum Gasteiger partial charge on any atom is -0.480 e. The third kappa shape index (κ3) is 4.46. The second-order valence-corrected chi connectivity index (χ2v) is 12.3. The first-order valence-corrected chi connectivity index (χ1v) is 14.2. The van der Waals surface area contributed by atoms with Crippen LogP contribution in [-0.4, -0.2) is 30.3 Å². The van der Waals surface area contributed by atoms with Gasteiger partial charge >= 0.3 is 0 Å². The Labute approximate surface area is 221 Å². The second-order valence-electron chi connectivity index (χ2n) is 10.9. The first-order chi connectivity index (χ1) is 17.9. The minimum absolute atomic E-state index is 0.0152. The molecule has 38 heavy (non-hydrogen) atoms. The average molecular weight is 537 g/mol. The Kier molecular flexibility index (Phi) is 6.52. The van der Waals surface area contributed by atoms with E-state index in [1.165, 1.54) is 18.2 Å². The lowest BCUT2D eigenvalue weighted by molar-refractivity contribution is -0.128. The summed E-state index contributed by atoms with van der Waals surface area (Å²) in [5.41, 5.74) is 2.06. The Morgan fingerprint density at radius 3 is 2.32 bits per heavy atom. The number of allylic oxidation sites excluding steroid dienone is 4. The van der Waals surface area contributed by atoms with Crippen LogP contribution in [0.4, 0.5) is 4.39 Å². The summed E-state index contributed by atoms with van der Waals surface area (Å²) in [6.45, 7) is 3.89. The van der Waals surface area contributed by atoms with Crippen LogP contribution < -0.4 is 0 Å². The maximum Gasteiger partial charge on any atom is 0.265 e. The summed E-state index contributed by atoms with van der Waals surface area (Å²) in [7, 11) is -4.08. The first-order valence-electron chi connectivity index (χ1n) is 12.6. The highest BCUT2D eigenvalue weighted by atomic mass is 32.2. The molecule has 3 atom stereocenters. The number of halogens is 1. The van der Waals surface area contributed by atoms with Crippen molar-refractivity contribution in [1.29, 1.82) is 0 Å².